The largest absolute Gasteiger partial charge is 0.480 e. The Hall–Kier alpha value is -2.24. The van der Waals surface area contributed by atoms with Crippen molar-refractivity contribution in [3.05, 3.63) is 28.3 Å². The number of sulfonamides is 1. The van der Waals surface area contributed by atoms with Crippen molar-refractivity contribution < 1.29 is 23.2 Å². The van der Waals surface area contributed by atoms with Gasteiger partial charge in [0.2, 0.25) is 10.0 Å². The number of nitrogens with one attached hydrogen (secondary N) is 1. The van der Waals surface area contributed by atoms with Gasteiger partial charge in [0.1, 0.15) is 11.7 Å². The van der Waals surface area contributed by atoms with Crippen LogP contribution in [0, 0.1) is 10.1 Å². The highest BCUT2D eigenvalue weighted by molar-refractivity contribution is 7.89. The van der Waals surface area contributed by atoms with Crippen LogP contribution in [0.3, 0.4) is 0 Å². The van der Waals surface area contributed by atoms with E-state index < -0.39 is 32.6 Å². The van der Waals surface area contributed by atoms with Crippen molar-refractivity contribution in [1.29, 1.82) is 0 Å². The first-order valence-corrected chi connectivity index (χ1v) is 9.34. The summed E-state index contributed by atoms with van der Waals surface area (Å²) in [6.45, 7) is 2.27. The molecule has 10 nitrogen and oxygen atoms in total. The van der Waals surface area contributed by atoms with Gasteiger partial charge in [0.25, 0.3) is 5.69 Å². The first-order chi connectivity index (χ1) is 12.0. The normalized spacial score (nSPS) is 12.8. The van der Waals surface area contributed by atoms with Gasteiger partial charge in [-0.15, -0.1) is 0 Å². The number of carboxylic acid groups (broad SMARTS) is 1. The van der Waals surface area contributed by atoms with Crippen LogP contribution < -0.4 is 9.62 Å². The van der Waals surface area contributed by atoms with Crippen molar-refractivity contribution in [2.24, 2.45) is 0 Å². The molecule has 0 saturated heterocycles. The van der Waals surface area contributed by atoms with E-state index in [-0.39, 0.29) is 17.1 Å². The Morgan fingerprint density at radius 2 is 1.96 bits per heavy atom. The van der Waals surface area contributed by atoms with E-state index in [1.165, 1.54) is 31.0 Å². The molecule has 1 unspecified atom stereocenters. The molecule has 0 radical (unpaired) electrons. The number of nitrogens with zero attached hydrogens (tertiary/aromatic N) is 3. The van der Waals surface area contributed by atoms with Gasteiger partial charge in [-0.05, 0) is 46.1 Å². The molecule has 0 aliphatic carbocycles. The van der Waals surface area contributed by atoms with E-state index >= 15 is 0 Å². The maximum atomic E-state index is 12.3. The molecular weight excluding hydrogens is 364 g/mol. The van der Waals surface area contributed by atoms with Crippen LogP contribution in [0.25, 0.3) is 0 Å². The second-order valence-corrected chi connectivity index (χ2v) is 7.85. The highest BCUT2D eigenvalue weighted by Crippen LogP contribution is 2.31. The van der Waals surface area contributed by atoms with Crippen LogP contribution in [0.4, 0.5) is 11.4 Å². The first-order valence-electron chi connectivity index (χ1n) is 7.86. The third-order valence-corrected chi connectivity index (χ3v) is 5.31. The number of nitro benzene ring substituents is 1. The van der Waals surface area contributed by atoms with Crippen molar-refractivity contribution in [2.75, 3.05) is 39.1 Å². The molecule has 2 N–H and O–H groups in total. The molecule has 146 valence electrons. The summed E-state index contributed by atoms with van der Waals surface area (Å²) in [5.41, 5.74) is -0.451. The van der Waals surface area contributed by atoms with Crippen molar-refractivity contribution in [2.45, 2.75) is 24.3 Å². The number of likely N-dealkylation sites (N-methyl/N-ethyl adjacent to an activating group) is 1. The molecule has 1 aromatic carbocycles. The number of rotatable bonds is 10. The predicted molar refractivity (Wildman–Crippen MR) is 97.0 cm³/mol. The summed E-state index contributed by atoms with van der Waals surface area (Å²) in [7, 11) is 1.23. The van der Waals surface area contributed by atoms with Crippen LogP contribution in [0.5, 0.6) is 0 Å². The van der Waals surface area contributed by atoms with Gasteiger partial charge >= 0.3 is 5.97 Å². The fourth-order valence-corrected chi connectivity index (χ4v) is 3.27. The van der Waals surface area contributed by atoms with Crippen molar-refractivity contribution in [3.63, 3.8) is 0 Å². The quantitative estimate of drug-likeness (QED) is 0.340. The molecule has 0 fully saturated rings. The number of benzene rings is 1. The number of anilines is 1. The summed E-state index contributed by atoms with van der Waals surface area (Å²) < 4.78 is 27.0. The van der Waals surface area contributed by atoms with E-state index in [2.05, 4.69) is 4.72 Å². The number of carbonyl (C=O) groups is 1. The van der Waals surface area contributed by atoms with E-state index in [0.717, 1.165) is 6.07 Å². The molecular formula is C15H24N4O6S. The molecule has 0 amide bonds. The Kier molecular flexibility index (Phi) is 7.48. The Morgan fingerprint density at radius 1 is 1.35 bits per heavy atom. The Morgan fingerprint density at radius 3 is 2.46 bits per heavy atom. The maximum Gasteiger partial charge on any atom is 0.326 e. The molecule has 1 aromatic rings. The third kappa shape index (κ3) is 5.64. The Bertz CT molecular complexity index is 765. The fourth-order valence-electron chi connectivity index (χ4n) is 2.17. The van der Waals surface area contributed by atoms with Gasteiger partial charge in [0.05, 0.1) is 9.82 Å². The average Bonchev–Trinajstić information content (AvgIpc) is 2.56. The Labute approximate surface area is 152 Å². The van der Waals surface area contributed by atoms with Gasteiger partial charge in [0, 0.05) is 19.7 Å². The standard InChI is InChI=1S/C15H24N4O6S/c1-11(15(20)21)18(4)13-7-6-12(10-14(13)19(22)23)26(24,25)16-8-5-9-17(2)3/h6-7,10-11,16H,5,8-9H2,1-4H3,(H,20,21). The minimum absolute atomic E-state index is 0.0245. The number of nitro groups is 1. The summed E-state index contributed by atoms with van der Waals surface area (Å²) in [5.74, 6) is -1.15. The number of hydrogen-bond acceptors (Lipinski definition) is 7. The first kappa shape index (κ1) is 21.8. The van der Waals surface area contributed by atoms with Crippen molar-refractivity contribution >= 4 is 27.4 Å². The van der Waals surface area contributed by atoms with Crippen LogP contribution in [0.1, 0.15) is 13.3 Å². The number of aliphatic carboxylic acids is 1. The summed E-state index contributed by atoms with van der Waals surface area (Å²) in [6.07, 6.45) is 0.589. The molecule has 0 saturated carbocycles. The van der Waals surface area contributed by atoms with Gasteiger partial charge in [-0.25, -0.2) is 17.9 Å². The Balaban J connectivity index is 3.11. The topological polar surface area (TPSA) is 133 Å². The average molecular weight is 388 g/mol. The van der Waals surface area contributed by atoms with E-state index in [9.17, 15) is 23.3 Å². The zero-order valence-electron chi connectivity index (χ0n) is 15.2. The van der Waals surface area contributed by atoms with E-state index in [1.807, 2.05) is 19.0 Å². The third-order valence-electron chi connectivity index (χ3n) is 3.85. The molecule has 0 aliphatic rings. The molecule has 0 heterocycles. The smallest absolute Gasteiger partial charge is 0.326 e. The second kappa shape index (κ2) is 8.92. The summed E-state index contributed by atoms with van der Waals surface area (Å²) in [6, 6.07) is 2.39. The van der Waals surface area contributed by atoms with Gasteiger partial charge in [-0.3, -0.25) is 10.1 Å². The lowest BCUT2D eigenvalue weighted by Gasteiger charge is -2.23. The molecule has 0 spiro atoms. The van der Waals surface area contributed by atoms with Crippen LogP contribution in [0.2, 0.25) is 0 Å². The SMILES string of the molecule is CC(C(=O)O)N(C)c1ccc(S(=O)(=O)NCCCN(C)C)cc1[N+](=O)[O-]. The number of carboxylic acids is 1. The highest BCUT2D eigenvalue weighted by Gasteiger charge is 2.27. The molecule has 26 heavy (non-hydrogen) atoms. The fraction of sp³-hybridized carbons (Fsp3) is 0.533. The lowest BCUT2D eigenvalue weighted by atomic mass is 10.2. The minimum Gasteiger partial charge on any atom is -0.480 e. The molecule has 0 bridgehead atoms. The zero-order valence-corrected chi connectivity index (χ0v) is 16.0. The van der Waals surface area contributed by atoms with Gasteiger partial charge < -0.3 is 14.9 Å². The molecule has 1 atom stereocenters. The van der Waals surface area contributed by atoms with Crippen LogP contribution in [-0.4, -0.2) is 69.6 Å². The van der Waals surface area contributed by atoms with Crippen molar-refractivity contribution in [3.8, 4) is 0 Å². The second-order valence-electron chi connectivity index (χ2n) is 6.09. The molecule has 0 aliphatic heterocycles. The number of hydrogen-bond donors (Lipinski definition) is 2. The summed E-state index contributed by atoms with van der Waals surface area (Å²) in [4.78, 5) is 24.6. The van der Waals surface area contributed by atoms with Gasteiger partial charge in [-0.1, -0.05) is 0 Å². The van der Waals surface area contributed by atoms with Gasteiger partial charge in [0.15, 0.2) is 0 Å². The maximum absolute atomic E-state index is 12.3. The highest BCUT2D eigenvalue weighted by atomic mass is 32.2. The molecule has 1 rings (SSSR count). The van der Waals surface area contributed by atoms with Crippen LogP contribution in [-0.2, 0) is 14.8 Å². The molecule has 11 heteroatoms. The van der Waals surface area contributed by atoms with E-state index in [4.69, 9.17) is 5.11 Å². The van der Waals surface area contributed by atoms with Crippen LogP contribution >= 0.6 is 0 Å². The summed E-state index contributed by atoms with van der Waals surface area (Å²) >= 11 is 0. The van der Waals surface area contributed by atoms with E-state index in [0.29, 0.717) is 13.0 Å². The molecule has 0 aromatic heterocycles. The van der Waals surface area contributed by atoms with Gasteiger partial charge in [-0.2, -0.15) is 0 Å². The lowest BCUT2D eigenvalue weighted by Crippen LogP contribution is -2.36. The minimum atomic E-state index is -3.90. The lowest BCUT2D eigenvalue weighted by molar-refractivity contribution is -0.384. The predicted octanol–water partition coefficient (Wildman–Crippen LogP) is 0.734. The summed E-state index contributed by atoms with van der Waals surface area (Å²) in [5, 5.41) is 20.4. The monoisotopic (exact) mass is 388 g/mol. The van der Waals surface area contributed by atoms with E-state index in [1.54, 1.807) is 0 Å². The van der Waals surface area contributed by atoms with Crippen molar-refractivity contribution in [1.82, 2.24) is 9.62 Å². The van der Waals surface area contributed by atoms with Crippen LogP contribution in [0.15, 0.2) is 23.1 Å². The zero-order chi connectivity index (χ0) is 20.1.